The lowest BCUT2D eigenvalue weighted by atomic mass is 9.99. The van der Waals surface area contributed by atoms with E-state index in [1.165, 1.54) is 0 Å². The smallest absolute Gasteiger partial charge is 0.250 e. The van der Waals surface area contributed by atoms with Crippen molar-refractivity contribution in [1.82, 2.24) is 5.32 Å². The van der Waals surface area contributed by atoms with E-state index < -0.39 is 6.04 Å². The van der Waals surface area contributed by atoms with Gasteiger partial charge in [0.25, 0.3) is 5.91 Å². The van der Waals surface area contributed by atoms with Crippen molar-refractivity contribution in [3.63, 3.8) is 0 Å². The molecular weight excluding hydrogens is 288 g/mol. The molecule has 2 unspecified atom stereocenters. The SMILES string of the molecule is CCC1C(=O)NC(C2CC2)C(=O)N1c1cc(Cl)ccc1C. The molecule has 0 radical (unpaired) electrons. The van der Waals surface area contributed by atoms with Gasteiger partial charge in [-0.3, -0.25) is 14.5 Å². The molecule has 2 amide bonds. The summed E-state index contributed by atoms with van der Waals surface area (Å²) in [7, 11) is 0. The molecule has 1 aromatic carbocycles. The van der Waals surface area contributed by atoms with E-state index in [0.717, 1.165) is 24.1 Å². The predicted octanol–water partition coefficient (Wildman–Crippen LogP) is 2.67. The van der Waals surface area contributed by atoms with Crippen molar-refractivity contribution in [2.24, 2.45) is 5.92 Å². The van der Waals surface area contributed by atoms with Crippen LogP contribution in [0, 0.1) is 12.8 Å². The quantitative estimate of drug-likeness (QED) is 0.933. The topological polar surface area (TPSA) is 49.4 Å². The number of benzene rings is 1. The summed E-state index contributed by atoms with van der Waals surface area (Å²) < 4.78 is 0. The first-order valence-electron chi connectivity index (χ1n) is 7.42. The fraction of sp³-hybridized carbons (Fsp3) is 0.500. The Hall–Kier alpha value is -1.55. The average molecular weight is 307 g/mol. The minimum atomic E-state index is -0.454. The van der Waals surface area contributed by atoms with Gasteiger partial charge in [0.2, 0.25) is 5.91 Å². The Labute approximate surface area is 129 Å². The zero-order chi connectivity index (χ0) is 15.1. The van der Waals surface area contributed by atoms with E-state index in [0.29, 0.717) is 17.4 Å². The lowest BCUT2D eigenvalue weighted by molar-refractivity contribution is -0.134. The molecule has 1 aliphatic heterocycles. The summed E-state index contributed by atoms with van der Waals surface area (Å²) >= 11 is 6.08. The standard InChI is InChI=1S/C16H19ClN2O2/c1-3-12-15(20)18-14(10-5-6-10)16(21)19(12)13-8-11(17)7-4-9(13)2/h4,7-8,10,12,14H,3,5-6H2,1-2H3,(H,18,20). The van der Waals surface area contributed by atoms with Crippen molar-refractivity contribution in [3.05, 3.63) is 28.8 Å². The minimum Gasteiger partial charge on any atom is -0.342 e. The van der Waals surface area contributed by atoms with E-state index in [1.807, 2.05) is 19.9 Å². The van der Waals surface area contributed by atoms with Crippen LogP contribution in [0.25, 0.3) is 0 Å². The maximum Gasteiger partial charge on any atom is 0.250 e. The molecule has 21 heavy (non-hydrogen) atoms. The molecule has 112 valence electrons. The number of piperazine rings is 1. The maximum atomic E-state index is 12.9. The highest BCUT2D eigenvalue weighted by atomic mass is 35.5. The summed E-state index contributed by atoms with van der Waals surface area (Å²) in [5.41, 5.74) is 1.70. The molecule has 0 spiro atoms. The van der Waals surface area contributed by atoms with Gasteiger partial charge in [-0.1, -0.05) is 24.6 Å². The van der Waals surface area contributed by atoms with Gasteiger partial charge in [0.1, 0.15) is 12.1 Å². The Morgan fingerprint density at radius 3 is 2.67 bits per heavy atom. The van der Waals surface area contributed by atoms with Crippen LogP contribution in [0.15, 0.2) is 18.2 Å². The van der Waals surface area contributed by atoms with Crippen LogP contribution in [0.4, 0.5) is 5.69 Å². The number of carbonyl (C=O) groups is 2. The van der Waals surface area contributed by atoms with E-state index in [2.05, 4.69) is 5.32 Å². The molecular formula is C16H19ClN2O2. The van der Waals surface area contributed by atoms with Crippen LogP contribution < -0.4 is 10.2 Å². The lowest BCUT2D eigenvalue weighted by Crippen LogP contribution is -2.64. The monoisotopic (exact) mass is 306 g/mol. The van der Waals surface area contributed by atoms with Crippen LogP contribution in [-0.4, -0.2) is 23.9 Å². The Kier molecular flexibility index (Phi) is 3.66. The number of halogens is 1. The molecule has 1 aliphatic carbocycles. The summed E-state index contributed by atoms with van der Waals surface area (Å²) in [5.74, 6) is 0.226. The van der Waals surface area contributed by atoms with Gasteiger partial charge in [0.15, 0.2) is 0 Å². The molecule has 3 rings (SSSR count). The fourth-order valence-corrected chi connectivity index (χ4v) is 3.14. The van der Waals surface area contributed by atoms with E-state index in [9.17, 15) is 9.59 Å². The van der Waals surface area contributed by atoms with Crippen LogP contribution in [0.2, 0.25) is 5.02 Å². The highest BCUT2D eigenvalue weighted by molar-refractivity contribution is 6.31. The number of aryl methyl sites for hydroxylation is 1. The van der Waals surface area contributed by atoms with Crippen molar-refractivity contribution in [2.45, 2.75) is 45.2 Å². The van der Waals surface area contributed by atoms with Crippen molar-refractivity contribution in [1.29, 1.82) is 0 Å². The average Bonchev–Trinajstić information content (AvgIpc) is 3.28. The number of hydrogen-bond donors (Lipinski definition) is 1. The van der Waals surface area contributed by atoms with Crippen LogP contribution >= 0.6 is 11.6 Å². The second kappa shape index (κ2) is 5.34. The maximum absolute atomic E-state index is 12.9. The first kappa shape index (κ1) is 14.4. The summed E-state index contributed by atoms with van der Waals surface area (Å²) in [5, 5.41) is 3.48. The summed E-state index contributed by atoms with van der Waals surface area (Å²) in [6, 6.07) is 4.63. The number of anilines is 1. The number of nitrogens with zero attached hydrogens (tertiary/aromatic N) is 1. The van der Waals surface area contributed by atoms with Gasteiger partial charge in [0, 0.05) is 10.7 Å². The molecule has 1 heterocycles. The van der Waals surface area contributed by atoms with Gasteiger partial charge in [-0.15, -0.1) is 0 Å². The highest BCUT2D eigenvalue weighted by Crippen LogP contribution is 2.37. The molecule has 0 bridgehead atoms. The number of rotatable bonds is 3. The third kappa shape index (κ3) is 2.53. The first-order valence-corrected chi connectivity index (χ1v) is 7.80. The van der Waals surface area contributed by atoms with Gasteiger partial charge in [-0.25, -0.2) is 0 Å². The van der Waals surface area contributed by atoms with Gasteiger partial charge in [-0.05, 0) is 49.8 Å². The van der Waals surface area contributed by atoms with Crippen LogP contribution in [0.3, 0.4) is 0 Å². The minimum absolute atomic E-state index is 0.00526. The second-order valence-corrected chi connectivity index (χ2v) is 6.32. The van der Waals surface area contributed by atoms with E-state index in [-0.39, 0.29) is 17.9 Å². The van der Waals surface area contributed by atoms with Crippen molar-refractivity contribution in [2.75, 3.05) is 4.90 Å². The molecule has 1 N–H and O–H groups in total. The number of carbonyl (C=O) groups excluding carboxylic acids is 2. The zero-order valence-electron chi connectivity index (χ0n) is 12.2. The Morgan fingerprint density at radius 1 is 1.33 bits per heavy atom. The van der Waals surface area contributed by atoms with Crippen LogP contribution in [0.1, 0.15) is 31.7 Å². The van der Waals surface area contributed by atoms with Crippen LogP contribution in [0.5, 0.6) is 0 Å². The number of nitrogens with one attached hydrogen (secondary N) is 1. The Bertz CT molecular complexity index is 598. The molecule has 4 nitrogen and oxygen atoms in total. The molecule has 1 aromatic rings. The third-order valence-corrected chi connectivity index (χ3v) is 4.56. The first-order chi connectivity index (χ1) is 10.0. The van der Waals surface area contributed by atoms with E-state index in [1.54, 1.807) is 17.0 Å². The molecule has 1 saturated carbocycles. The normalized spacial score (nSPS) is 26.0. The van der Waals surface area contributed by atoms with Crippen LogP contribution in [-0.2, 0) is 9.59 Å². The van der Waals surface area contributed by atoms with E-state index in [4.69, 9.17) is 11.6 Å². The van der Waals surface area contributed by atoms with Crippen molar-refractivity contribution < 1.29 is 9.59 Å². The molecule has 2 aliphatic rings. The largest absolute Gasteiger partial charge is 0.342 e. The third-order valence-electron chi connectivity index (χ3n) is 4.33. The number of hydrogen-bond acceptors (Lipinski definition) is 2. The molecule has 2 fully saturated rings. The summed E-state index contributed by atoms with van der Waals surface area (Å²) in [4.78, 5) is 26.9. The fourth-order valence-electron chi connectivity index (χ4n) is 2.98. The summed E-state index contributed by atoms with van der Waals surface area (Å²) in [6.45, 7) is 3.85. The van der Waals surface area contributed by atoms with Gasteiger partial charge in [-0.2, -0.15) is 0 Å². The Morgan fingerprint density at radius 2 is 2.05 bits per heavy atom. The number of amides is 2. The van der Waals surface area contributed by atoms with Crippen molar-refractivity contribution >= 4 is 29.1 Å². The van der Waals surface area contributed by atoms with Crippen molar-refractivity contribution in [3.8, 4) is 0 Å². The molecule has 1 saturated heterocycles. The Balaban J connectivity index is 2.03. The molecule has 5 heteroatoms. The van der Waals surface area contributed by atoms with E-state index >= 15 is 0 Å². The van der Waals surface area contributed by atoms with Gasteiger partial charge in [0.05, 0.1) is 0 Å². The molecule has 2 atom stereocenters. The summed E-state index contributed by atoms with van der Waals surface area (Å²) in [6.07, 6.45) is 2.60. The second-order valence-electron chi connectivity index (χ2n) is 5.89. The van der Waals surface area contributed by atoms with Gasteiger partial charge < -0.3 is 5.32 Å². The van der Waals surface area contributed by atoms with Gasteiger partial charge >= 0.3 is 0 Å². The highest BCUT2D eigenvalue weighted by Gasteiger charge is 2.47. The lowest BCUT2D eigenvalue weighted by Gasteiger charge is -2.39. The molecule has 0 aromatic heterocycles. The predicted molar refractivity (Wildman–Crippen MR) is 82.4 cm³/mol. The zero-order valence-corrected chi connectivity index (χ0v) is 13.0.